The van der Waals surface area contributed by atoms with E-state index in [9.17, 15) is 9.18 Å². The Kier molecular flexibility index (Phi) is 6.24. The van der Waals surface area contributed by atoms with Gasteiger partial charge in [0.05, 0.1) is 0 Å². The van der Waals surface area contributed by atoms with Gasteiger partial charge >= 0.3 is 0 Å². The second kappa shape index (κ2) is 7.45. The third-order valence-corrected chi connectivity index (χ3v) is 3.28. The highest BCUT2D eigenvalue weighted by Crippen LogP contribution is 2.21. The largest absolute Gasteiger partial charge is 0.481 e. The second-order valence-electron chi connectivity index (χ2n) is 4.38. The molecule has 0 radical (unpaired) electrons. The lowest BCUT2D eigenvalue weighted by atomic mass is 10.1. The van der Waals surface area contributed by atoms with Gasteiger partial charge in [-0.25, -0.2) is 4.39 Å². The Morgan fingerprint density at radius 2 is 2.21 bits per heavy atom. The second-order valence-corrected chi connectivity index (χ2v) is 5.30. The number of carbonyl (C=O) groups excluding carboxylic acids is 1. The predicted molar refractivity (Wildman–Crippen MR) is 73.4 cm³/mol. The molecule has 0 fully saturated rings. The van der Waals surface area contributed by atoms with Gasteiger partial charge < -0.3 is 15.2 Å². The average molecular weight is 334 g/mol. The molecule has 0 saturated carbocycles. The van der Waals surface area contributed by atoms with Gasteiger partial charge in [0.25, 0.3) is 5.91 Å². The molecule has 2 atom stereocenters. The monoisotopic (exact) mass is 333 g/mol. The van der Waals surface area contributed by atoms with Crippen LogP contribution in [-0.4, -0.2) is 30.3 Å². The number of aliphatic hydroxyl groups is 1. The van der Waals surface area contributed by atoms with Crippen molar-refractivity contribution < 1.29 is 19.0 Å². The van der Waals surface area contributed by atoms with Gasteiger partial charge in [0.2, 0.25) is 0 Å². The molecule has 0 aliphatic rings. The minimum absolute atomic E-state index is 0.0103. The summed E-state index contributed by atoms with van der Waals surface area (Å²) in [7, 11) is 0. The van der Waals surface area contributed by atoms with E-state index in [1.807, 2.05) is 6.92 Å². The van der Waals surface area contributed by atoms with E-state index in [-0.39, 0.29) is 36.8 Å². The molecular formula is C13H17BrFNO3. The average Bonchev–Trinajstić information content (AvgIpc) is 2.36. The zero-order valence-corrected chi connectivity index (χ0v) is 12.4. The summed E-state index contributed by atoms with van der Waals surface area (Å²) >= 11 is 3.13. The molecule has 0 aliphatic carbocycles. The van der Waals surface area contributed by atoms with E-state index in [1.165, 1.54) is 12.1 Å². The Bertz CT molecular complexity index is 442. The van der Waals surface area contributed by atoms with Gasteiger partial charge in [-0.3, -0.25) is 4.79 Å². The SMILES string of the molecule is CC(CO)C(C)NC(=O)COc1ccc(Br)cc1F. The number of rotatable bonds is 6. The molecule has 6 heteroatoms. The normalized spacial score (nSPS) is 13.7. The summed E-state index contributed by atoms with van der Waals surface area (Å²) in [5.41, 5.74) is 0. The van der Waals surface area contributed by atoms with Crippen LogP contribution in [0.25, 0.3) is 0 Å². The summed E-state index contributed by atoms with van der Waals surface area (Å²) in [6.07, 6.45) is 0. The van der Waals surface area contributed by atoms with Gasteiger partial charge in [-0.15, -0.1) is 0 Å². The lowest BCUT2D eigenvalue weighted by Crippen LogP contribution is -2.40. The van der Waals surface area contributed by atoms with Gasteiger partial charge in [0, 0.05) is 17.1 Å². The highest BCUT2D eigenvalue weighted by Gasteiger charge is 2.14. The summed E-state index contributed by atoms with van der Waals surface area (Å²) in [5, 5.41) is 11.6. The number of hydrogen-bond acceptors (Lipinski definition) is 3. The van der Waals surface area contributed by atoms with Gasteiger partial charge in [-0.1, -0.05) is 22.9 Å². The molecule has 0 saturated heterocycles. The van der Waals surface area contributed by atoms with Crippen LogP contribution in [-0.2, 0) is 4.79 Å². The maximum atomic E-state index is 13.4. The van der Waals surface area contributed by atoms with Crippen LogP contribution >= 0.6 is 15.9 Å². The van der Waals surface area contributed by atoms with Crippen molar-refractivity contribution in [2.45, 2.75) is 19.9 Å². The maximum Gasteiger partial charge on any atom is 0.258 e. The number of aliphatic hydroxyl groups excluding tert-OH is 1. The predicted octanol–water partition coefficient (Wildman–Crippen LogP) is 2.10. The smallest absolute Gasteiger partial charge is 0.258 e. The standard InChI is InChI=1S/C13H17BrFNO3/c1-8(6-17)9(2)16-13(18)7-19-12-4-3-10(14)5-11(12)15/h3-5,8-9,17H,6-7H2,1-2H3,(H,16,18). The first-order chi connectivity index (χ1) is 8.93. The number of benzene rings is 1. The molecule has 1 amide bonds. The molecule has 1 rings (SSSR count). The minimum atomic E-state index is -0.529. The van der Waals surface area contributed by atoms with E-state index >= 15 is 0 Å². The Hall–Kier alpha value is -1.14. The number of nitrogens with one attached hydrogen (secondary N) is 1. The molecule has 4 nitrogen and oxygen atoms in total. The van der Waals surface area contributed by atoms with Gasteiger partial charge in [0.15, 0.2) is 18.2 Å². The molecule has 0 heterocycles. The summed E-state index contributed by atoms with van der Waals surface area (Å²) in [6.45, 7) is 3.34. The molecular weight excluding hydrogens is 317 g/mol. The number of amides is 1. The molecule has 0 aromatic heterocycles. The Balaban J connectivity index is 2.46. The van der Waals surface area contributed by atoms with Crippen LogP contribution in [0.15, 0.2) is 22.7 Å². The van der Waals surface area contributed by atoms with Crippen molar-refractivity contribution in [3.05, 3.63) is 28.5 Å². The number of hydrogen-bond donors (Lipinski definition) is 2. The summed E-state index contributed by atoms with van der Waals surface area (Å²) in [5.74, 6) is -0.899. The fourth-order valence-corrected chi connectivity index (χ4v) is 1.66. The molecule has 106 valence electrons. The van der Waals surface area contributed by atoms with E-state index in [2.05, 4.69) is 21.2 Å². The fourth-order valence-electron chi connectivity index (χ4n) is 1.33. The van der Waals surface area contributed by atoms with Crippen molar-refractivity contribution >= 4 is 21.8 Å². The van der Waals surface area contributed by atoms with Crippen LogP contribution in [0, 0.1) is 11.7 Å². The van der Waals surface area contributed by atoms with E-state index in [0.29, 0.717) is 4.47 Å². The quantitative estimate of drug-likeness (QED) is 0.838. The topological polar surface area (TPSA) is 58.6 Å². The molecule has 2 unspecified atom stereocenters. The highest BCUT2D eigenvalue weighted by molar-refractivity contribution is 9.10. The van der Waals surface area contributed by atoms with Crippen LogP contribution in [0.5, 0.6) is 5.75 Å². The van der Waals surface area contributed by atoms with Gasteiger partial charge in [-0.2, -0.15) is 0 Å². The summed E-state index contributed by atoms with van der Waals surface area (Å²) in [6, 6.07) is 4.18. The third-order valence-electron chi connectivity index (χ3n) is 2.78. The van der Waals surface area contributed by atoms with Crippen molar-refractivity contribution in [1.82, 2.24) is 5.32 Å². The third kappa shape index (κ3) is 5.16. The fraction of sp³-hybridized carbons (Fsp3) is 0.462. The van der Waals surface area contributed by atoms with Crippen molar-refractivity contribution in [1.29, 1.82) is 0 Å². The van der Waals surface area contributed by atoms with Crippen molar-refractivity contribution in [3.63, 3.8) is 0 Å². The van der Waals surface area contributed by atoms with Gasteiger partial charge in [0.1, 0.15) is 0 Å². The van der Waals surface area contributed by atoms with E-state index in [4.69, 9.17) is 9.84 Å². The highest BCUT2D eigenvalue weighted by atomic mass is 79.9. The number of ether oxygens (including phenoxy) is 1. The number of carbonyl (C=O) groups is 1. The number of halogens is 2. The first kappa shape index (κ1) is 15.9. The summed E-state index contributed by atoms with van der Waals surface area (Å²) < 4.78 is 19.1. The van der Waals surface area contributed by atoms with Crippen LogP contribution in [0.3, 0.4) is 0 Å². The molecule has 1 aromatic carbocycles. The molecule has 0 bridgehead atoms. The van der Waals surface area contributed by atoms with Crippen molar-refractivity contribution in [3.8, 4) is 5.75 Å². The zero-order chi connectivity index (χ0) is 14.4. The Morgan fingerprint density at radius 3 is 2.79 bits per heavy atom. The first-order valence-electron chi connectivity index (χ1n) is 5.92. The first-order valence-corrected chi connectivity index (χ1v) is 6.71. The molecule has 0 spiro atoms. The van der Waals surface area contributed by atoms with Gasteiger partial charge in [-0.05, 0) is 31.0 Å². The molecule has 1 aromatic rings. The van der Waals surface area contributed by atoms with Crippen molar-refractivity contribution in [2.75, 3.05) is 13.2 Å². The molecule has 19 heavy (non-hydrogen) atoms. The van der Waals surface area contributed by atoms with Crippen LogP contribution in [0.1, 0.15) is 13.8 Å². The maximum absolute atomic E-state index is 13.4. The Morgan fingerprint density at radius 1 is 1.53 bits per heavy atom. The Labute approximate surface area is 120 Å². The molecule has 0 aliphatic heterocycles. The molecule has 2 N–H and O–H groups in total. The van der Waals surface area contributed by atoms with E-state index in [0.717, 1.165) is 0 Å². The lowest BCUT2D eigenvalue weighted by molar-refractivity contribution is -0.124. The van der Waals surface area contributed by atoms with Crippen LogP contribution in [0.2, 0.25) is 0 Å². The minimum Gasteiger partial charge on any atom is -0.481 e. The van der Waals surface area contributed by atoms with Crippen LogP contribution < -0.4 is 10.1 Å². The lowest BCUT2D eigenvalue weighted by Gasteiger charge is -2.19. The zero-order valence-electron chi connectivity index (χ0n) is 10.8. The van der Waals surface area contributed by atoms with Crippen LogP contribution in [0.4, 0.5) is 4.39 Å². The van der Waals surface area contributed by atoms with E-state index < -0.39 is 5.82 Å². The van der Waals surface area contributed by atoms with E-state index in [1.54, 1.807) is 13.0 Å². The van der Waals surface area contributed by atoms with Crippen molar-refractivity contribution in [2.24, 2.45) is 5.92 Å². The summed E-state index contributed by atoms with van der Waals surface area (Å²) in [4.78, 5) is 11.6.